The van der Waals surface area contributed by atoms with Crippen molar-refractivity contribution in [3.63, 3.8) is 0 Å². The Morgan fingerprint density at radius 2 is 1.75 bits per heavy atom. The molecular weight excluding hydrogens is 191 g/mol. The lowest BCUT2D eigenvalue weighted by Crippen LogP contribution is -2.27. The zero-order valence-corrected chi connectivity index (χ0v) is 8.94. The van der Waals surface area contributed by atoms with E-state index in [2.05, 4.69) is 38.4 Å². The summed E-state index contributed by atoms with van der Waals surface area (Å²) >= 11 is 8.38. The van der Waals surface area contributed by atoms with Crippen molar-refractivity contribution in [3.8, 4) is 0 Å². The first-order valence-corrected chi connectivity index (χ1v) is 4.83. The van der Waals surface area contributed by atoms with Crippen molar-refractivity contribution in [2.75, 3.05) is 0 Å². The Kier molecular flexibility index (Phi) is 5.76. The molecule has 70 valence electrons. The standard InChI is InChI=1S/C9H15FS2/c1-4-7(10)9(12)6(3)8(11)5-2/h4-9,11-12H,1-2H2,3H3. The first-order chi connectivity index (χ1) is 5.54. The fourth-order valence-electron chi connectivity index (χ4n) is 0.846. The molecule has 0 spiro atoms. The van der Waals surface area contributed by atoms with Gasteiger partial charge in [0.2, 0.25) is 0 Å². The quantitative estimate of drug-likeness (QED) is 0.501. The van der Waals surface area contributed by atoms with E-state index in [0.29, 0.717) is 0 Å². The summed E-state index contributed by atoms with van der Waals surface area (Å²) < 4.78 is 13.0. The highest BCUT2D eigenvalue weighted by Gasteiger charge is 2.24. The van der Waals surface area contributed by atoms with E-state index in [1.54, 1.807) is 6.08 Å². The average molecular weight is 206 g/mol. The van der Waals surface area contributed by atoms with Gasteiger partial charge in [-0.05, 0) is 5.92 Å². The maximum absolute atomic E-state index is 13.0. The van der Waals surface area contributed by atoms with Crippen LogP contribution in [0.2, 0.25) is 0 Å². The van der Waals surface area contributed by atoms with Crippen LogP contribution in [0.15, 0.2) is 25.3 Å². The molecule has 0 nitrogen and oxygen atoms in total. The molecule has 0 saturated heterocycles. The van der Waals surface area contributed by atoms with Gasteiger partial charge in [0.15, 0.2) is 0 Å². The Morgan fingerprint density at radius 3 is 2.08 bits per heavy atom. The number of halogens is 1. The van der Waals surface area contributed by atoms with E-state index in [-0.39, 0.29) is 16.4 Å². The predicted octanol–water partition coefficient (Wildman–Crippen LogP) is 2.93. The van der Waals surface area contributed by atoms with Crippen LogP contribution in [0.3, 0.4) is 0 Å². The van der Waals surface area contributed by atoms with Crippen molar-refractivity contribution in [2.45, 2.75) is 23.6 Å². The first-order valence-electron chi connectivity index (χ1n) is 3.80. The molecule has 4 atom stereocenters. The molecule has 0 aliphatic rings. The summed E-state index contributed by atoms with van der Waals surface area (Å²) in [5, 5.41) is -0.381. The second-order valence-corrected chi connectivity index (χ2v) is 3.95. The second kappa shape index (κ2) is 5.70. The van der Waals surface area contributed by atoms with Gasteiger partial charge in [0, 0.05) is 10.5 Å². The molecule has 0 radical (unpaired) electrons. The number of hydrogen-bond donors (Lipinski definition) is 2. The smallest absolute Gasteiger partial charge is 0.130 e. The molecule has 0 rings (SSSR count). The Bertz CT molecular complexity index is 141. The van der Waals surface area contributed by atoms with Gasteiger partial charge in [-0.15, -0.1) is 13.2 Å². The summed E-state index contributed by atoms with van der Waals surface area (Å²) in [6.07, 6.45) is 1.86. The van der Waals surface area contributed by atoms with Gasteiger partial charge in [-0.1, -0.05) is 19.1 Å². The van der Waals surface area contributed by atoms with Gasteiger partial charge in [-0.2, -0.15) is 25.3 Å². The highest BCUT2D eigenvalue weighted by Crippen LogP contribution is 2.23. The first kappa shape index (κ1) is 12.1. The molecule has 0 aromatic carbocycles. The molecule has 0 saturated carbocycles. The van der Waals surface area contributed by atoms with Crippen LogP contribution in [0.1, 0.15) is 6.92 Å². The van der Waals surface area contributed by atoms with Crippen molar-refractivity contribution in [3.05, 3.63) is 25.3 Å². The zero-order chi connectivity index (χ0) is 9.72. The van der Waals surface area contributed by atoms with Gasteiger partial charge in [0.1, 0.15) is 6.17 Å². The number of rotatable bonds is 5. The molecule has 0 bridgehead atoms. The maximum atomic E-state index is 13.0. The topological polar surface area (TPSA) is 0 Å². The molecule has 12 heavy (non-hydrogen) atoms. The predicted molar refractivity (Wildman–Crippen MR) is 60.0 cm³/mol. The van der Waals surface area contributed by atoms with Crippen molar-refractivity contribution in [1.82, 2.24) is 0 Å². The van der Waals surface area contributed by atoms with Crippen LogP contribution < -0.4 is 0 Å². The van der Waals surface area contributed by atoms with E-state index in [9.17, 15) is 4.39 Å². The molecule has 0 N–H and O–H groups in total. The highest BCUT2D eigenvalue weighted by molar-refractivity contribution is 7.82. The summed E-state index contributed by atoms with van der Waals surface area (Å²) in [5.74, 6) is 0.0437. The van der Waals surface area contributed by atoms with Crippen molar-refractivity contribution >= 4 is 25.3 Å². The van der Waals surface area contributed by atoms with E-state index in [1.165, 1.54) is 6.08 Å². The largest absolute Gasteiger partial charge is 0.242 e. The summed E-state index contributed by atoms with van der Waals surface area (Å²) in [6, 6.07) is 0. The normalized spacial score (nSPS) is 20.7. The fraction of sp³-hybridized carbons (Fsp3) is 0.556. The number of thiol groups is 2. The third-order valence-electron chi connectivity index (χ3n) is 1.87. The SMILES string of the molecule is C=CC(F)C(S)C(C)C(S)C=C. The van der Waals surface area contributed by atoms with E-state index >= 15 is 0 Å². The van der Waals surface area contributed by atoms with Crippen LogP contribution in [-0.2, 0) is 0 Å². The van der Waals surface area contributed by atoms with E-state index in [4.69, 9.17) is 0 Å². The third-order valence-corrected chi connectivity index (χ3v) is 3.31. The molecule has 3 heteroatoms. The number of alkyl halides is 1. The van der Waals surface area contributed by atoms with Crippen LogP contribution in [-0.4, -0.2) is 16.7 Å². The Morgan fingerprint density at radius 1 is 1.25 bits per heavy atom. The minimum atomic E-state index is -1.09. The van der Waals surface area contributed by atoms with E-state index in [0.717, 1.165) is 0 Å². The summed E-state index contributed by atoms with van der Waals surface area (Å²) in [7, 11) is 0. The van der Waals surface area contributed by atoms with Crippen LogP contribution in [0.4, 0.5) is 4.39 Å². The second-order valence-electron chi connectivity index (χ2n) is 2.76. The lowest BCUT2D eigenvalue weighted by molar-refractivity contribution is 0.345. The summed E-state index contributed by atoms with van der Waals surface area (Å²) in [6.45, 7) is 8.86. The monoisotopic (exact) mass is 206 g/mol. The molecule has 4 unspecified atom stereocenters. The van der Waals surface area contributed by atoms with Crippen molar-refractivity contribution in [2.24, 2.45) is 5.92 Å². The lowest BCUT2D eigenvalue weighted by Gasteiger charge is -2.23. The molecule has 0 aromatic heterocycles. The number of allylic oxidation sites excluding steroid dienone is 1. The fourth-order valence-corrected chi connectivity index (χ4v) is 1.47. The zero-order valence-electron chi connectivity index (χ0n) is 7.15. The molecule has 0 aliphatic heterocycles. The van der Waals surface area contributed by atoms with Crippen molar-refractivity contribution in [1.29, 1.82) is 0 Å². The summed E-state index contributed by atoms with van der Waals surface area (Å²) in [4.78, 5) is 0. The number of hydrogen-bond acceptors (Lipinski definition) is 2. The summed E-state index contributed by atoms with van der Waals surface area (Å²) in [5.41, 5.74) is 0. The van der Waals surface area contributed by atoms with Gasteiger partial charge in [0.05, 0.1) is 0 Å². The molecule has 0 amide bonds. The minimum absolute atomic E-state index is 0.0225. The molecular formula is C9H15FS2. The maximum Gasteiger partial charge on any atom is 0.130 e. The Labute approximate surface area is 84.8 Å². The van der Waals surface area contributed by atoms with Crippen LogP contribution in [0.5, 0.6) is 0 Å². The van der Waals surface area contributed by atoms with Crippen molar-refractivity contribution < 1.29 is 4.39 Å². The van der Waals surface area contributed by atoms with E-state index < -0.39 is 6.17 Å². The Hall–Kier alpha value is 0.110. The molecule has 0 heterocycles. The molecule has 0 aliphatic carbocycles. The third kappa shape index (κ3) is 3.23. The minimum Gasteiger partial charge on any atom is -0.242 e. The highest BCUT2D eigenvalue weighted by atomic mass is 32.1. The average Bonchev–Trinajstić information content (AvgIpc) is 2.12. The van der Waals surface area contributed by atoms with Gasteiger partial charge >= 0.3 is 0 Å². The van der Waals surface area contributed by atoms with Crippen LogP contribution in [0.25, 0.3) is 0 Å². The van der Waals surface area contributed by atoms with E-state index in [1.807, 2.05) is 6.92 Å². The molecule has 0 aromatic rings. The lowest BCUT2D eigenvalue weighted by atomic mass is 9.99. The molecule has 0 fully saturated rings. The van der Waals surface area contributed by atoms with Crippen LogP contribution >= 0.6 is 25.3 Å². The van der Waals surface area contributed by atoms with Gasteiger partial charge in [-0.3, -0.25) is 0 Å². The van der Waals surface area contributed by atoms with Crippen LogP contribution in [0, 0.1) is 5.92 Å². The Balaban J connectivity index is 4.16. The van der Waals surface area contributed by atoms with Gasteiger partial charge < -0.3 is 0 Å². The van der Waals surface area contributed by atoms with Gasteiger partial charge in [0.25, 0.3) is 0 Å². The van der Waals surface area contributed by atoms with Gasteiger partial charge in [-0.25, -0.2) is 4.39 Å².